The molecule has 0 aromatic heterocycles. The van der Waals surface area contributed by atoms with E-state index in [1.165, 1.54) is 19.1 Å². The Kier molecular flexibility index (Phi) is 4.84. The Morgan fingerprint density at radius 3 is 2.62 bits per heavy atom. The number of rotatable bonds is 4. The smallest absolute Gasteiger partial charge is 0.240 e. The second kappa shape index (κ2) is 6.28. The van der Waals surface area contributed by atoms with E-state index in [2.05, 4.69) is 18.6 Å². The first-order valence-electron chi connectivity index (χ1n) is 7.44. The number of carbonyl (C=O) groups excluding carboxylic acids is 1. The quantitative estimate of drug-likeness (QED) is 0.870. The van der Waals surface area contributed by atoms with E-state index >= 15 is 0 Å². The lowest BCUT2D eigenvalue weighted by Crippen LogP contribution is -2.43. The maximum atomic E-state index is 12.5. The SMILES string of the molecule is CC(=O)c1cccc(S(=O)(=O)N[C@@H]2CCC[C@@H](C)[C@H]2C)c1. The molecular formula is C16H23NO3S. The van der Waals surface area contributed by atoms with E-state index in [1.807, 2.05) is 0 Å². The third kappa shape index (κ3) is 3.71. The van der Waals surface area contributed by atoms with Crippen molar-refractivity contribution in [2.75, 3.05) is 0 Å². The van der Waals surface area contributed by atoms with Gasteiger partial charge in [0.2, 0.25) is 10.0 Å². The molecule has 1 aromatic carbocycles. The number of hydrogen-bond donors (Lipinski definition) is 1. The van der Waals surface area contributed by atoms with Gasteiger partial charge in [0.25, 0.3) is 0 Å². The van der Waals surface area contributed by atoms with Gasteiger partial charge in [-0.1, -0.05) is 38.8 Å². The second-order valence-corrected chi connectivity index (χ2v) is 7.79. The molecule has 0 bridgehead atoms. The second-order valence-electron chi connectivity index (χ2n) is 6.08. The molecule has 0 amide bonds. The molecular weight excluding hydrogens is 286 g/mol. The van der Waals surface area contributed by atoms with Gasteiger partial charge >= 0.3 is 0 Å². The molecule has 0 unspecified atom stereocenters. The van der Waals surface area contributed by atoms with Crippen LogP contribution >= 0.6 is 0 Å². The molecule has 116 valence electrons. The summed E-state index contributed by atoms with van der Waals surface area (Å²) in [5.41, 5.74) is 0.419. The van der Waals surface area contributed by atoms with Gasteiger partial charge in [-0.3, -0.25) is 4.79 Å². The minimum Gasteiger partial charge on any atom is -0.295 e. The zero-order valence-electron chi connectivity index (χ0n) is 12.8. The van der Waals surface area contributed by atoms with Crippen LogP contribution in [-0.2, 0) is 10.0 Å². The molecule has 5 heteroatoms. The van der Waals surface area contributed by atoms with E-state index in [1.54, 1.807) is 12.1 Å². The lowest BCUT2D eigenvalue weighted by molar-refractivity contribution is 0.101. The molecule has 0 saturated heterocycles. The van der Waals surface area contributed by atoms with Crippen LogP contribution in [0.1, 0.15) is 50.4 Å². The number of ketones is 1. The molecule has 0 radical (unpaired) electrons. The number of sulfonamides is 1. The summed E-state index contributed by atoms with van der Waals surface area (Å²) in [6, 6.07) is 6.19. The molecule has 1 saturated carbocycles. The fraction of sp³-hybridized carbons (Fsp3) is 0.562. The molecule has 1 aromatic rings. The van der Waals surface area contributed by atoms with Gasteiger partial charge in [0, 0.05) is 11.6 Å². The summed E-state index contributed by atoms with van der Waals surface area (Å²) < 4.78 is 27.8. The fourth-order valence-electron chi connectivity index (χ4n) is 2.90. The third-order valence-electron chi connectivity index (χ3n) is 4.56. The van der Waals surface area contributed by atoms with Crippen LogP contribution in [0.5, 0.6) is 0 Å². The van der Waals surface area contributed by atoms with Gasteiger partial charge in [0.15, 0.2) is 5.78 Å². The van der Waals surface area contributed by atoms with Crippen LogP contribution in [0.25, 0.3) is 0 Å². The first-order chi connectivity index (χ1) is 9.81. The summed E-state index contributed by atoms with van der Waals surface area (Å²) in [4.78, 5) is 11.6. The molecule has 1 fully saturated rings. The monoisotopic (exact) mass is 309 g/mol. The highest BCUT2D eigenvalue weighted by Gasteiger charge is 2.30. The van der Waals surface area contributed by atoms with E-state index in [-0.39, 0.29) is 16.7 Å². The number of Topliss-reactive ketones (excluding diaryl/α,β-unsaturated/α-hetero) is 1. The van der Waals surface area contributed by atoms with Gasteiger partial charge < -0.3 is 0 Å². The van der Waals surface area contributed by atoms with Crippen molar-refractivity contribution in [3.8, 4) is 0 Å². The van der Waals surface area contributed by atoms with E-state index in [0.717, 1.165) is 19.3 Å². The molecule has 1 aliphatic carbocycles. The normalized spacial score (nSPS) is 26.5. The van der Waals surface area contributed by atoms with E-state index in [0.29, 0.717) is 17.4 Å². The largest absolute Gasteiger partial charge is 0.295 e. The van der Waals surface area contributed by atoms with Crippen molar-refractivity contribution in [3.05, 3.63) is 29.8 Å². The minimum atomic E-state index is -3.57. The Labute approximate surface area is 127 Å². The summed E-state index contributed by atoms with van der Waals surface area (Å²) in [6.45, 7) is 5.70. The van der Waals surface area contributed by atoms with Crippen LogP contribution in [0.3, 0.4) is 0 Å². The maximum Gasteiger partial charge on any atom is 0.240 e. The van der Waals surface area contributed by atoms with E-state index in [9.17, 15) is 13.2 Å². The predicted molar refractivity (Wildman–Crippen MR) is 82.7 cm³/mol. The Balaban J connectivity index is 2.22. The molecule has 0 spiro atoms. The van der Waals surface area contributed by atoms with Crippen LogP contribution in [0.4, 0.5) is 0 Å². The summed E-state index contributed by atoms with van der Waals surface area (Å²) in [6.07, 6.45) is 3.07. The van der Waals surface area contributed by atoms with Crippen LogP contribution in [-0.4, -0.2) is 20.2 Å². The van der Waals surface area contributed by atoms with Crippen LogP contribution in [0.15, 0.2) is 29.2 Å². The molecule has 0 heterocycles. The van der Waals surface area contributed by atoms with Crippen molar-refractivity contribution in [2.45, 2.75) is 51.0 Å². The van der Waals surface area contributed by atoms with E-state index in [4.69, 9.17) is 0 Å². The van der Waals surface area contributed by atoms with Crippen LogP contribution < -0.4 is 4.72 Å². The van der Waals surface area contributed by atoms with Crippen LogP contribution in [0.2, 0.25) is 0 Å². The topological polar surface area (TPSA) is 63.2 Å². The Morgan fingerprint density at radius 1 is 1.24 bits per heavy atom. The lowest BCUT2D eigenvalue weighted by Gasteiger charge is -2.34. The van der Waals surface area contributed by atoms with Gasteiger partial charge in [0.1, 0.15) is 0 Å². The Hall–Kier alpha value is -1.20. The highest BCUT2D eigenvalue weighted by molar-refractivity contribution is 7.89. The van der Waals surface area contributed by atoms with Crippen molar-refractivity contribution < 1.29 is 13.2 Å². The third-order valence-corrected chi connectivity index (χ3v) is 6.05. The van der Waals surface area contributed by atoms with Crippen molar-refractivity contribution >= 4 is 15.8 Å². The predicted octanol–water partition coefficient (Wildman–Crippen LogP) is 2.99. The van der Waals surface area contributed by atoms with Gasteiger partial charge in [-0.05, 0) is 37.3 Å². The minimum absolute atomic E-state index is 0.0280. The van der Waals surface area contributed by atoms with Crippen molar-refractivity contribution in [2.24, 2.45) is 11.8 Å². The fourth-order valence-corrected chi connectivity index (χ4v) is 4.30. The average Bonchev–Trinajstić information content (AvgIpc) is 2.44. The summed E-state index contributed by atoms with van der Waals surface area (Å²) in [7, 11) is -3.57. The number of hydrogen-bond acceptors (Lipinski definition) is 3. The lowest BCUT2D eigenvalue weighted by atomic mass is 9.78. The highest BCUT2D eigenvalue weighted by Crippen LogP contribution is 2.30. The summed E-state index contributed by atoms with van der Waals surface area (Å²) >= 11 is 0. The molecule has 2 rings (SSSR count). The maximum absolute atomic E-state index is 12.5. The number of carbonyl (C=O) groups is 1. The first-order valence-corrected chi connectivity index (χ1v) is 8.93. The molecule has 21 heavy (non-hydrogen) atoms. The average molecular weight is 309 g/mol. The van der Waals surface area contributed by atoms with Gasteiger partial charge in [-0.25, -0.2) is 13.1 Å². The van der Waals surface area contributed by atoms with Gasteiger partial charge in [0.05, 0.1) is 4.90 Å². The summed E-state index contributed by atoms with van der Waals surface area (Å²) in [5.74, 6) is 0.714. The molecule has 4 nitrogen and oxygen atoms in total. The highest BCUT2D eigenvalue weighted by atomic mass is 32.2. The molecule has 1 aliphatic rings. The Morgan fingerprint density at radius 2 is 1.95 bits per heavy atom. The van der Waals surface area contributed by atoms with Gasteiger partial charge in [-0.2, -0.15) is 0 Å². The zero-order chi connectivity index (χ0) is 15.6. The van der Waals surface area contributed by atoms with Crippen molar-refractivity contribution in [1.29, 1.82) is 0 Å². The first kappa shape index (κ1) is 16.2. The molecule has 3 atom stereocenters. The van der Waals surface area contributed by atoms with Crippen molar-refractivity contribution in [3.63, 3.8) is 0 Å². The standard InChI is InChI=1S/C16H23NO3S/c1-11-6-4-9-16(12(11)2)17-21(19,20)15-8-5-7-14(10-15)13(3)18/h5,7-8,10-12,16-17H,4,6,9H2,1-3H3/t11-,12-,16-/m1/s1. The number of nitrogens with one attached hydrogen (secondary N) is 1. The molecule has 1 N–H and O–H groups in total. The van der Waals surface area contributed by atoms with Crippen LogP contribution in [0, 0.1) is 11.8 Å². The van der Waals surface area contributed by atoms with E-state index < -0.39 is 10.0 Å². The number of benzene rings is 1. The van der Waals surface area contributed by atoms with Crippen molar-refractivity contribution in [1.82, 2.24) is 4.72 Å². The Bertz CT molecular complexity index is 624. The van der Waals surface area contributed by atoms with Gasteiger partial charge in [-0.15, -0.1) is 0 Å². The summed E-state index contributed by atoms with van der Waals surface area (Å²) in [5, 5.41) is 0. The molecule has 0 aliphatic heterocycles. The zero-order valence-corrected chi connectivity index (χ0v) is 13.6.